The minimum atomic E-state index is -2.26. The predicted octanol–water partition coefficient (Wildman–Crippen LogP) is 8.56. The molecule has 1 heterocycles. The van der Waals surface area contributed by atoms with Gasteiger partial charge in [-0.1, -0.05) is 55.4 Å². The summed E-state index contributed by atoms with van der Waals surface area (Å²) in [6.45, 7) is 25.7. The Balaban J connectivity index is 2.35. The first kappa shape index (κ1) is 35.6. The summed E-state index contributed by atoms with van der Waals surface area (Å²) in [6, 6.07) is 7.58. The van der Waals surface area contributed by atoms with Gasteiger partial charge < -0.3 is 32.5 Å². The highest BCUT2D eigenvalue weighted by Gasteiger charge is 2.55. The summed E-state index contributed by atoms with van der Waals surface area (Å²) < 4.78 is 43.6. The maximum Gasteiger partial charge on any atom is 0.310 e. The molecule has 1 saturated heterocycles. The van der Waals surface area contributed by atoms with Gasteiger partial charge in [-0.2, -0.15) is 0 Å². The van der Waals surface area contributed by atoms with Crippen LogP contribution in [0, 0.1) is 11.8 Å². The molecular formula is C34H54O8Si2. The maximum atomic E-state index is 13.3. The van der Waals surface area contributed by atoms with Crippen LogP contribution >= 0.6 is 0 Å². The van der Waals surface area contributed by atoms with Crippen molar-refractivity contribution in [3.8, 4) is 34.5 Å². The smallest absolute Gasteiger partial charge is 0.310 e. The highest BCUT2D eigenvalue weighted by molar-refractivity contribution is 6.75. The van der Waals surface area contributed by atoms with Gasteiger partial charge in [-0.05, 0) is 60.5 Å². The molecule has 3 rings (SSSR count). The van der Waals surface area contributed by atoms with E-state index in [1.165, 1.54) is 0 Å². The number of hydrogen-bond donors (Lipinski definition) is 0. The van der Waals surface area contributed by atoms with E-state index >= 15 is 0 Å². The fourth-order valence-corrected chi connectivity index (χ4v) is 6.95. The van der Waals surface area contributed by atoms with Crippen LogP contribution in [-0.2, 0) is 15.1 Å². The van der Waals surface area contributed by atoms with E-state index in [4.69, 9.17) is 32.5 Å². The third-order valence-electron chi connectivity index (χ3n) is 10.1. The number of esters is 1. The summed E-state index contributed by atoms with van der Waals surface area (Å²) in [7, 11) is 1.90. The van der Waals surface area contributed by atoms with Crippen LogP contribution < -0.4 is 27.8 Å². The zero-order chi connectivity index (χ0) is 33.6. The molecule has 1 fully saturated rings. The Morgan fingerprint density at radius 1 is 0.636 bits per heavy atom. The number of carbonyl (C=O) groups is 1. The van der Waals surface area contributed by atoms with Crippen LogP contribution in [0.15, 0.2) is 24.3 Å². The van der Waals surface area contributed by atoms with E-state index in [-0.39, 0.29) is 27.9 Å². The van der Waals surface area contributed by atoms with Crippen molar-refractivity contribution in [3.05, 3.63) is 35.4 Å². The Morgan fingerprint density at radius 3 is 1.14 bits per heavy atom. The largest absolute Gasteiger partial charge is 0.539 e. The van der Waals surface area contributed by atoms with Gasteiger partial charge in [0.05, 0.1) is 34.4 Å². The minimum Gasteiger partial charge on any atom is -0.539 e. The Bertz CT molecular complexity index is 1230. The number of methoxy groups -OCH3 is 4. The van der Waals surface area contributed by atoms with Crippen LogP contribution in [0.3, 0.4) is 0 Å². The Labute approximate surface area is 266 Å². The molecule has 10 heteroatoms. The van der Waals surface area contributed by atoms with Gasteiger partial charge in [0.15, 0.2) is 40.1 Å². The van der Waals surface area contributed by atoms with Gasteiger partial charge in [0.25, 0.3) is 16.6 Å². The SMILES string of the molecule is COc1cc(C2(c3cc(OC)c(O[Si](C)(C)C(C)(C)C)c(OC)c3)OC(=O)[C@H](C)[C@H]2C)cc(OC)c1O[Si](C)(C)C(C)(C)C. The van der Waals surface area contributed by atoms with Gasteiger partial charge in [0.1, 0.15) is 0 Å². The van der Waals surface area contributed by atoms with E-state index in [0.29, 0.717) is 45.6 Å². The van der Waals surface area contributed by atoms with Gasteiger partial charge in [0, 0.05) is 17.0 Å². The Kier molecular flexibility index (Phi) is 9.84. The van der Waals surface area contributed by atoms with Crippen LogP contribution in [0.1, 0.15) is 66.5 Å². The molecular weight excluding hydrogens is 593 g/mol. The highest BCUT2D eigenvalue weighted by Crippen LogP contribution is 2.56. The molecule has 0 unspecified atom stereocenters. The molecule has 0 N–H and O–H groups in total. The second-order valence-electron chi connectivity index (χ2n) is 14.9. The quantitative estimate of drug-likeness (QED) is 0.188. The number of carbonyl (C=O) groups excluding carboxylic acids is 1. The van der Waals surface area contributed by atoms with Gasteiger partial charge in [-0.3, -0.25) is 4.79 Å². The monoisotopic (exact) mass is 646 g/mol. The minimum absolute atomic E-state index is 0.0464. The molecule has 8 nitrogen and oxygen atoms in total. The van der Waals surface area contributed by atoms with Crippen molar-refractivity contribution in [3.63, 3.8) is 0 Å². The summed E-state index contributed by atoms with van der Waals surface area (Å²) in [5, 5.41) is -0.0929. The fraction of sp³-hybridized carbons (Fsp3) is 0.618. The molecule has 1 aliphatic heterocycles. The second-order valence-corrected chi connectivity index (χ2v) is 24.3. The molecule has 0 saturated carbocycles. The first-order valence-corrected chi connectivity index (χ1v) is 21.1. The molecule has 44 heavy (non-hydrogen) atoms. The molecule has 1 aliphatic rings. The number of hydrogen-bond acceptors (Lipinski definition) is 8. The average molecular weight is 647 g/mol. The molecule has 0 spiro atoms. The molecule has 2 atom stereocenters. The van der Waals surface area contributed by atoms with Gasteiger partial charge in [-0.25, -0.2) is 0 Å². The number of rotatable bonds is 10. The van der Waals surface area contributed by atoms with Crippen molar-refractivity contribution in [1.29, 1.82) is 0 Å². The van der Waals surface area contributed by atoms with Crippen molar-refractivity contribution in [2.75, 3.05) is 28.4 Å². The van der Waals surface area contributed by atoms with E-state index in [9.17, 15) is 4.79 Å². The predicted molar refractivity (Wildman–Crippen MR) is 180 cm³/mol. The van der Waals surface area contributed by atoms with Crippen molar-refractivity contribution in [2.45, 2.75) is 97.3 Å². The number of ether oxygens (including phenoxy) is 5. The van der Waals surface area contributed by atoms with Gasteiger partial charge >= 0.3 is 5.97 Å². The first-order chi connectivity index (χ1) is 20.1. The van der Waals surface area contributed by atoms with E-state index in [1.54, 1.807) is 28.4 Å². The molecule has 0 amide bonds. The van der Waals surface area contributed by atoms with Crippen LogP contribution in [0.5, 0.6) is 34.5 Å². The Hall–Kier alpha value is -2.86. The van der Waals surface area contributed by atoms with E-state index in [0.717, 1.165) is 0 Å². The molecule has 2 aromatic rings. The van der Waals surface area contributed by atoms with E-state index in [2.05, 4.69) is 67.7 Å². The maximum absolute atomic E-state index is 13.3. The third kappa shape index (κ3) is 6.16. The number of benzene rings is 2. The molecule has 0 bridgehead atoms. The summed E-state index contributed by atoms with van der Waals surface area (Å²) in [4.78, 5) is 13.3. The highest BCUT2D eigenvalue weighted by atomic mass is 28.4. The molecule has 0 aromatic heterocycles. The van der Waals surface area contributed by atoms with Crippen LogP contribution in [-0.4, -0.2) is 51.0 Å². The lowest BCUT2D eigenvalue weighted by Gasteiger charge is -2.39. The lowest BCUT2D eigenvalue weighted by atomic mass is 9.73. The van der Waals surface area contributed by atoms with E-state index < -0.39 is 22.2 Å². The lowest BCUT2D eigenvalue weighted by Crippen LogP contribution is -2.44. The van der Waals surface area contributed by atoms with Crippen molar-refractivity contribution in [1.82, 2.24) is 0 Å². The zero-order valence-corrected chi connectivity index (χ0v) is 31.7. The summed E-state index contributed by atoms with van der Waals surface area (Å²) in [6.07, 6.45) is 0. The Morgan fingerprint density at radius 2 is 0.932 bits per heavy atom. The van der Waals surface area contributed by atoms with E-state index in [1.807, 2.05) is 38.1 Å². The first-order valence-electron chi connectivity index (χ1n) is 15.3. The van der Waals surface area contributed by atoms with Crippen molar-refractivity contribution >= 4 is 22.6 Å². The van der Waals surface area contributed by atoms with Crippen molar-refractivity contribution in [2.24, 2.45) is 11.8 Å². The van der Waals surface area contributed by atoms with Gasteiger partial charge in [-0.15, -0.1) is 0 Å². The molecule has 246 valence electrons. The molecule has 0 aliphatic carbocycles. The summed E-state index contributed by atoms with van der Waals surface area (Å²) in [5.41, 5.74) is 0.185. The van der Waals surface area contributed by atoms with Crippen LogP contribution in [0.25, 0.3) is 0 Å². The summed E-state index contributed by atoms with van der Waals surface area (Å²) >= 11 is 0. The van der Waals surface area contributed by atoms with Crippen LogP contribution in [0.4, 0.5) is 0 Å². The fourth-order valence-electron chi connectivity index (χ4n) is 4.92. The number of cyclic esters (lactones) is 1. The van der Waals surface area contributed by atoms with Gasteiger partial charge in [0.2, 0.25) is 0 Å². The zero-order valence-electron chi connectivity index (χ0n) is 29.7. The molecule has 0 radical (unpaired) electrons. The third-order valence-corrected chi connectivity index (χ3v) is 18.8. The van der Waals surface area contributed by atoms with Crippen LogP contribution in [0.2, 0.25) is 36.3 Å². The van der Waals surface area contributed by atoms with Crippen molar-refractivity contribution < 1.29 is 37.3 Å². The summed E-state index contributed by atoms with van der Waals surface area (Å²) in [5.74, 6) is 2.15. The standard InChI is InChI=1S/C34H54O8Si2/c1-21-22(2)34(40-31(21)35,23-17-25(36-9)29(26(18-23)37-10)41-43(13,14)32(3,4)5)24-19-27(38-11)30(28(20-24)39-12)42-44(15,16)33(6,7)8/h17-22H,1-16H3/t21-,22-/m1/s1. The topological polar surface area (TPSA) is 81.7 Å². The lowest BCUT2D eigenvalue weighted by molar-refractivity contribution is -0.148. The molecule has 2 aromatic carbocycles. The second kappa shape index (κ2) is 12.2. The average Bonchev–Trinajstić information content (AvgIpc) is 3.16. The normalized spacial score (nSPS) is 18.9.